The summed E-state index contributed by atoms with van der Waals surface area (Å²) in [6, 6.07) is 9.64. The summed E-state index contributed by atoms with van der Waals surface area (Å²) in [4.78, 5) is 30.4. The van der Waals surface area contributed by atoms with E-state index in [2.05, 4.69) is 4.98 Å². The SMILES string of the molecule is CCOC(=O)c1sc2ncn(C(C)c3ccccc3)c(=O)c2c1C. The molecule has 0 saturated carbocycles. The predicted octanol–water partition coefficient (Wildman–Crippen LogP) is 3.55. The smallest absolute Gasteiger partial charge is 0.348 e. The van der Waals surface area contributed by atoms with Crippen molar-refractivity contribution in [1.29, 1.82) is 0 Å². The molecule has 6 heteroatoms. The molecule has 0 fully saturated rings. The number of aryl methyl sites for hydroxylation is 1. The average molecular weight is 342 g/mol. The Hall–Kier alpha value is -2.47. The summed E-state index contributed by atoms with van der Waals surface area (Å²) < 4.78 is 6.66. The highest BCUT2D eigenvalue weighted by atomic mass is 32.1. The third-order valence-electron chi connectivity index (χ3n) is 4.04. The van der Waals surface area contributed by atoms with E-state index in [9.17, 15) is 9.59 Å². The second-order valence-electron chi connectivity index (χ2n) is 5.50. The van der Waals surface area contributed by atoms with Gasteiger partial charge in [0.15, 0.2) is 0 Å². The molecule has 3 aromatic rings. The lowest BCUT2D eigenvalue weighted by atomic mass is 10.1. The molecule has 1 unspecified atom stereocenters. The predicted molar refractivity (Wildman–Crippen MR) is 94.8 cm³/mol. The van der Waals surface area contributed by atoms with E-state index in [0.29, 0.717) is 27.3 Å². The Morgan fingerprint density at radius 1 is 1.33 bits per heavy atom. The van der Waals surface area contributed by atoms with Gasteiger partial charge in [-0.3, -0.25) is 9.36 Å². The summed E-state index contributed by atoms with van der Waals surface area (Å²) in [6.07, 6.45) is 1.55. The van der Waals surface area contributed by atoms with Crippen molar-refractivity contribution in [1.82, 2.24) is 9.55 Å². The number of thiophene rings is 1. The fourth-order valence-corrected chi connectivity index (χ4v) is 3.73. The van der Waals surface area contributed by atoms with Crippen LogP contribution in [0.3, 0.4) is 0 Å². The van der Waals surface area contributed by atoms with Crippen molar-refractivity contribution in [2.24, 2.45) is 0 Å². The van der Waals surface area contributed by atoms with Gasteiger partial charge in [-0.15, -0.1) is 11.3 Å². The molecule has 1 atom stereocenters. The molecule has 5 nitrogen and oxygen atoms in total. The van der Waals surface area contributed by atoms with Gasteiger partial charge in [-0.05, 0) is 31.9 Å². The van der Waals surface area contributed by atoms with E-state index in [1.165, 1.54) is 11.3 Å². The van der Waals surface area contributed by atoms with E-state index in [1.54, 1.807) is 24.7 Å². The lowest BCUT2D eigenvalue weighted by molar-refractivity contribution is 0.0531. The third-order valence-corrected chi connectivity index (χ3v) is 5.22. The summed E-state index contributed by atoms with van der Waals surface area (Å²) >= 11 is 1.20. The summed E-state index contributed by atoms with van der Waals surface area (Å²) in [5.41, 5.74) is 1.53. The van der Waals surface area contributed by atoms with Gasteiger partial charge in [0.05, 0.1) is 24.4 Å². The Morgan fingerprint density at radius 3 is 2.71 bits per heavy atom. The lowest BCUT2D eigenvalue weighted by Crippen LogP contribution is -2.24. The van der Waals surface area contributed by atoms with E-state index < -0.39 is 5.97 Å². The molecule has 0 N–H and O–H groups in total. The first-order valence-electron chi connectivity index (χ1n) is 7.76. The van der Waals surface area contributed by atoms with Crippen LogP contribution in [0.25, 0.3) is 10.2 Å². The number of aromatic nitrogens is 2. The van der Waals surface area contributed by atoms with Crippen molar-refractivity contribution in [3.63, 3.8) is 0 Å². The van der Waals surface area contributed by atoms with Gasteiger partial charge in [0.25, 0.3) is 5.56 Å². The van der Waals surface area contributed by atoms with E-state index in [-0.39, 0.29) is 11.6 Å². The maximum Gasteiger partial charge on any atom is 0.348 e. The summed E-state index contributed by atoms with van der Waals surface area (Å²) in [7, 11) is 0. The van der Waals surface area contributed by atoms with E-state index in [1.807, 2.05) is 37.3 Å². The van der Waals surface area contributed by atoms with E-state index >= 15 is 0 Å². The molecule has 0 aliphatic heterocycles. The molecule has 0 amide bonds. The molecule has 0 spiro atoms. The van der Waals surface area contributed by atoms with Crippen LogP contribution in [0, 0.1) is 6.92 Å². The third kappa shape index (κ3) is 2.73. The van der Waals surface area contributed by atoms with Crippen LogP contribution in [0.2, 0.25) is 0 Å². The Kier molecular flexibility index (Phi) is 4.49. The van der Waals surface area contributed by atoms with Crippen molar-refractivity contribution in [2.75, 3.05) is 6.61 Å². The number of carbonyl (C=O) groups excluding carboxylic acids is 1. The van der Waals surface area contributed by atoms with Crippen LogP contribution in [0.5, 0.6) is 0 Å². The lowest BCUT2D eigenvalue weighted by Gasteiger charge is -2.15. The quantitative estimate of drug-likeness (QED) is 0.680. The minimum atomic E-state index is -0.403. The monoisotopic (exact) mass is 342 g/mol. The maximum absolute atomic E-state index is 12.9. The molecule has 0 radical (unpaired) electrons. The van der Waals surface area contributed by atoms with Gasteiger partial charge >= 0.3 is 5.97 Å². The number of hydrogen-bond donors (Lipinski definition) is 0. The Morgan fingerprint density at radius 2 is 2.04 bits per heavy atom. The zero-order valence-corrected chi connectivity index (χ0v) is 14.6. The highest BCUT2D eigenvalue weighted by Crippen LogP contribution is 2.28. The number of carbonyl (C=O) groups is 1. The first-order valence-corrected chi connectivity index (χ1v) is 8.58. The molecular weight excluding hydrogens is 324 g/mol. The van der Waals surface area contributed by atoms with Crippen LogP contribution >= 0.6 is 11.3 Å². The molecule has 0 aliphatic rings. The van der Waals surface area contributed by atoms with Crippen LogP contribution in [0.15, 0.2) is 41.5 Å². The van der Waals surface area contributed by atoms with E-state index in [4.69, 9.17) is 4.74 Å². The Balaban J connectivity index is 2.13. The van der Waals surface area contributed by atoms with Crippen LogP contribution in [0.4, 0.5) is 0 Å². The number of fused-ring (bicyclic) bond motifs is 1. The number of rotatable bonds is 4. The van der Waals surface area contributed by atoms with Crippen molar-refractivity contribution in [3.8, 4) is 0 Å². The van der Waals surface area contributed by atoms with E-state index in [0.717, 1.165) is 5.56 Å². The molecule has 124 valence electrons. The van der Waals surface area contributed by atoms with Crippen molar-refractivity contribution in [3.05, 3.63) is 63.0 Å². The number of ether oxygens (including phenoxy) is 1. The molecule has 2 aromatic heterocycles. The van der Waals surface area contributed by atoms with Gasteiger partial charge < -0.3 is 4.74 Å². The summed E-state index contributed by atoms with van der Waals surface area (Å²) in [6.45, 7) is 5.78. The normalized spacial score (nSPS) is 12.3. The van der Waals surface area contributed by atoms with Gasteiger partial charge in [0.1, 0.15) is 9.71 Å². The van der Waals surface area contributed by atoms with Crippen molar-refractivity contribution >= 4 is 27.5 Å². The molecule has 24 heavy (non-hydrogen) atoms. The van der Waals surface area contributed by atoms with Gasteiger partial charge in [-0.2, -0.15) is 0 Å². The van der Waals surface area contributed by atoms with Crippen LogP contribution in [-0.4, -0.2) is 22.1 Å². The molecule has 0 bridgehead atoms. The molecule has 1 aromatic carbocycles. The fourth-order valence-electron chi connectivity index (χ4n) is 2.70. The van der Waals surface area contributed by atoms with Crippen LogP contribution in [0.1, 0.15) is 40.7 Å². The largest absolute Gasteiger partial charge is 0.462 e. The molecule has 3 rings (SSSR count). The zero-order chi connectivity index (χ0) is 17.3. The molecular formula is C18H18N2O3S. The average Bonchev–Trinajstić information content (AvgIpc) is 2.93. The van der Waals surface area contributed by atoms with Crippen molar-refractivity contribution in [2.45, 2.75) is 26.8 Å². The zero-order valence-electron chi connectivity index (χ0n) is 13.8. The van der Waals surface area contributed by atoms with Gasteiger partial charge in [0, 0.05) is 0 Å². The molecule has 0 saturated heterocycles. The number of esters is 1. The van der Waals surface area contributed by atoms with Crippen molar-refractivity contribution < 1.29 is 9.53 Å². The second-order valence-corrected chi connectivity index (χ2v) is 6.50. The topological polar surface area (TPSA) is 61.2 Å². The highest BCUT2D eigenvalue weighted by molar-refractivity contribution is 7.20. The standard InChI is InChI=1S/C18H18N2O3S/c1-4-23-18(22)15-11(2)14-16(24-15)19-10-20(17(14)21)12(3)13-8-6-5-7-9-13/h5-10,12H,4H2,1-3H3. The minimum absolute atomic E-state index is 0.138. The van der Waals surface area contributed by atoms with Gasteiger partial charge in [-0.25, -0.2) is 9.78 Å². The van der Waals surface area contributed by atoms with Crippen LogP contribution < -0.4 is 5.56 Å². The van der Waals surface area contributed by atoms with Crippen LogP contribution in [-0.2, 0) is 4.74 Å². The highest BCUT2D eigenvalue weighted by Gasteiger charge is 2.21. The van der Waals surface area contributed by atoms with Gasteiger partial charge in [-0.1, -0.05) is 30.3 Å². The van der Waals surface area contributed by atoms with Gasteiger partial charge in [0.2, 0.25) is 0 Å². The number of hydrogen-bond acceptors (Lipinski definition) is 5. The summed E-state index contributed by atoms with van der Waals surface area (Å²) in [5, 5.41) is 0.494. The Labute approximate surface area is 143 Å². The number of nitrogens with zero attached hydrogens (tertiary/aromatic N) is 2. The fraction of sp³-hybridized carbons (Fsp3) is 0.278. The number of benzene rings is 1. The first-order chi connectivity index (χ1) is 11.5. The molecule has 2 heterocycles. The summed E-state index contributed by atoms with van der Waals surface area (Å²) in [5.74, 6) is -0.403. The second kappa shape index (κ2) is 6.57. The Bertz CT molecular complexity index is 944. The maximum atomic E-state index is 12.9. The minimum Gasteiger partial charge on any atom is -0.462 e. The molecule has 0 aliphatic carbocycles. The first kappa shape index (κ1) is 16.4.